The van der Waals surface area contributed by atoms with Crippen molar-refractivity contribution in [2.24, 2.45) is 0 Å². The fourth-order valence-corrected chi connectivity index (χ4v) is 5.84. The summed E-state index contributed by atoms with van der Waals surface area (Å²) in [6.45, 7) is 10.5. The van der Waals surface area contributed by atoms with Gasteiger partial charge in [-0.15, -0.1) is 0 Å². The fraction of sp³-hybridized carbons (Fsp3) is 0.268. The predicted octanol–water partition coefficient (Wildman–Crippen LogP) is 5.07. The molecule has 0 saturated carbocycles. The van der Waals surface area contributed by atoms with Crippen molar-refractivity contribution < 1.29 is 62.5 Å². The molecular weight excluding hydrogens is 941 g/mol. The number of aromatic amines is 4. The lowest BCUT2D eigenvalue weighted by atomic mass is 10.2. The molecule has 0 aliphatic heterocycles. The zero-order valence-electron chi connectivity index (χ0n) is 39.0. The number of carbonyl (C=O) groups excluding carboxylic acids is 5. The summed E-state index contributed by atoms with van der Waals surface area (Å²) in [5, 5.41) is 24.7. The number of rotatable bonds is 7. The van der Waals surface area contributed by atoms with Gasteiger partial charge in [-0.25, -0.2) is 68.6 Å². The number of ether oxygens (including phenoxy) is 5. The molecule has 0 radical (unpaired) electrons. The largest absolute Gasteiger partial charge is 0.476 e. The molecule has 71 heavy (non-hydrogen) atoms. The van der Waals surface area contributed by atoms with E-state index in [1.165, 1.54) is 46.4 Å². The van der Waals surface area contributed by atoms with Crippen molar-refractivity contribution >= 4 is 103 Å². The Morgan fingerprint density at radius 1 is 0.549 bits per heavy atom. The number of esters is 3. The molecule has 0 spiro atoms. The number of carboxylic acid groups (broad SMARTS) is 1. The highest BCUT2D eigenvalue weighted by atomic mass is 16.6. The molecule has 2 amide bonds. The van der Waals surface area contributed by atoms with Crippen molar-refractivity contribution in [3.05, 3.63) is 83.0 Å². The van der Waals surface area contributed by atoms with Crippen LogP contribution in [0.5, 0.6) is 0 Å². The van der Waals surface area contributed by atoms with E-state index in [1.54, 1.807) is 47.7 Å². The molecule has 8 aromatic heterocycles. The van der Waals surface area contributed by atoms with E-state index in [2.05, 4.69) is 84.7 Å². The van der Waals surface area contributed by atoms with Gasteiger partial charge in [-0.1, -0.05) is 0 Å². The number of carbonyl (C=O) groups is 6. The number of nitro groups is 1. The summed E-state index contributed by atoms with van der Waals surface area (Å²) in [4.78, 5) is 120. The van der Waals surface area contributed by atoms with Crippen molar-refractivity contribution in [3.63, 3.8) is 0 Å². The number of amides is 2. The molecule has 0 aromatic carbocycles. The zero-order valence-corrected chi connectivity index (χ0v) is 39.0. The summed E-state index contributed by atoms with van der Waals surface area (Å²) < 4.78 is 24.0. The zero-order chi connectivity index (χ0) is 52.4. The molecule has 8 rings (SSSR count). The second-order valence-corrected chi connectivity index (χ2v) is 15.9. The van der Waals surface area contributed by atoms with Gasteiger partial charge in [-0.3, -0.25) is 20.7 Å². The maximum absolute atomic E-state index is 11.8. The van der Waals surface area contributed by atoms with Crippen LogP contribution in [0.15, 0.2) is 50.1 Å². The number of methoxy groups -OCH3 is 3. The van der Waals surface area contributed by atoms with E-state index in [0.717, 1.165) is 18.9 Å². The summed E-state index contributed by atoms with van der Waals surface area (Å²) in [6, 6.07) is 0. The summed E-state index contributed by atoms with van der Waals surface area (Å²) in [6.07, 6.45) is 9.12. The van der Waals surface area contributed by atoms with Gasteiger partial charge in [0.15, 0.2) is 28.3 Å². The third-order valence-corrected chi connectivity index (χ3v) is 8.67. The van der Waals surface area contributed by atoms with Gasteiger partial charge in [-0.2, -0.15) is 0 Å². The van der Waals surface area contributed by atoms with Crippen molar-refractivity contribution in [1.29, 1.82) is 0 Å². The van der Waals surface area contributed by atoms with Crippen LogP contribution in [-0.4, -0.2) is 138 Å². The Balaban J connectivity index is 0.000000178. The number of anilines is 3. The number of nitrogens with one attached hydrogen (secondary N) is 6. The van der Waals surface area contributed by atoms with E-state index in [1.807, 2.05) is 0 Å². The molecule has 372 valence electrons. The minimum Gasteiger partial charge on any atom is -0.476 e. The number of aromatic nitrogens is 12. The smallest absolute Gasteiger partial charge is 0.412 e. The number of H-pyrrole nitrogens is 4. The SMILES string of the molecule is CC(C)(C)OC(=O)Nc1c[nH]c2c(C(=O)O)ncnc12.COC(=O)c1ncnc2c(N)c[nH]c12.COC(=O)c1ncnc2c(NC(=O)OC(C)(C)C)c[nH]c12.COC(=O)c1ncnc2c([N+](=O)[O-])c[nH]c12. The average molecular weight is 985 g/mol. The third-order valence-electron chi connectivity index (χ3n) is 8.67. The first-order chi connectivity index (χ1) is 33.5. The molecule has 30 heteroatoms. The molecule has 0 atom stereocenters. The summed E-state index contributed by atoms with van der Waals surface area (Å²) >= 11 is 0. The molecular formula is C41H44N16O14. The van der Waals surface area contributed by atoms with Crippen LogP contribution in [0.1, 0.15) is 83.5 Å². The Labute approximate surface area is 398 Å². The van der Waals surface area contributed by atoms with Crippen LogP contribution < -0.4 is 16.4 Å². The van der Waals surface area contributed by atoms with Crippen LogP contribution in [0, 0.1) is 10.1 Å². The third kappa shape index (κ3) is 12.8. The van der Waals surface area contributed by atoms with Gasteiger partial charge in [0.05, 0.1) is 49.5 Å². The highest BCUT2D eigenvalue weighted by molar-refractivity contribution is 6.07. The molecule has 8 heterocycles. The Kier molecular flexibility index (Phi) is 16.0. The van der Waals surface area contributed by atoms with E-state index < -0.39 is 52.2 Å². The number of nitrogens with zero attached hydrogens (tertiary/aromatic N) is 9. The molecule has 0 fully saturated rings. The fourth-order valence-electron chi connectivity index (χ4n) is 5.84. The lowest BCUT2D eigenvalue weighted by molar-refractivity contribution is -0.383. The molecule has 0 aliphatic rings. The monoisotopic (exact) mass is 984 g/mol. The van der Waals surface area contributed by atoms with Gasteiger partial charge in [0.1, 0.15) is 75.1 Å². The van der Waals surface area contributed by atoms with Gasteiger partial charge in [0.25, 0.3) is 0 Å². The molecule has 8 aromatic rings. The van der Waals surface area contributed by atoms with Crippen LogP contribution in [0.4, 0.5) is 32.3 Å². The Bertz CT molecular complexity index is 3290. The van der Waals surface area contributed by atoms with Crippen LogP contribution >= 0.6 is 0 Å². The van der Waals surface area contributed by atoms with Crippen molar-refractivity contribution in [3.8, 4) is 0 Å². The number of hydrogen-bond donors (Lipinski definition) is 8. The first kappa shape index (κ1) is 52.1. The van der Waals surface area contributed by atoms with Gasteiger partial charge < -0.3 is 54.5 Å². The predicted molar refractivity (Wildman–Crippen MR) is 247 cm³/mol. The van der Waals surface area contributed by atoms with Crippen molar-refractivity contribution in [2.75, 3.05) is 37.7 Å². The summed E-state index contributed by atoms with van der Waals surface area (Å²) in [5.74, 6) is -2.96. The van der Waals surface area contributed by atoms with Crippen LogP contribution in [0.25, 0.3) is 44.1 Å². The molecule has 9 N–H and O–H groups in total. The topological polar surface area (TPSA) is 428 Å². The Hall–Kier alpha value is -9.90. The van der Waals surface area contributed by atoms with Gasteiger partial charge in [0.2, 0.25) is 0 Å². The quantitative estimate of drug-likeness (QED) is 0.0447. The number of fused-ring (bicyclic) bond motifs is 4. The maximum atomic E-state index is 11.8. The lowest BCUT2D eigenvalue weighted by Gasteiger charge is -2.19. The molecule has 30 nitrogen and oxygen atoms in total. The summed E-state index contributed by atoms with van der Waals surface area (Å²) in [7, 11) is 3.76. The number of nitrogen functional groups attached to an aromatic ring is 1. The highest BCUT2D eigenvalue weighted by Gasteiger charge is 2.24. The second kappa shape index (κ2) is 21.8. The van der Waals surface area contributed by atoms with E-state index in [9.17, 15) is 38.9 Å². The standard InChI is InChI=1S/C13H16N4O4.C12H14N4O4.C8H6N4O4.C8H8N4O2/c1-13(2,3)21-12(19)17-7-5-14-9-8(7)15-6-16-10(9)11(18)20-4;1-12(2,3)20-11(19)16-6-4-13-8-7(6)14-5-15-9(8)10(17)18;1-16-8(13)7-6-5(10-3-11-7)4(2-9-6)12(14)15;1-14-8(13)7-6-5(11-3-12-7)4(9)2-10-6/h5-6,14H,1-4H3,(H,17,19);4-5,13H,1-3H3,(H,16,19)(H,17,18);2-3,9H,1H3;2-3,10H,9H2,1H3. The molecule has 0 saturated heterocycles. The molecule has 0 aliphatic carbocycles. The first-order valence-corrected chi connectivity index (χ1v) is 20.1. The van der Waals surface area contributed by atoms with Crippen LogP contribution in [-0.2, 0) is 23.7 Å². The number of nitrogens with two attached hydrogens (primary N) is 1. The van der Waals surface area contributed by atoms with E-state index in [-0.39, 0.29) is 45.0 Å². The van der Waals surface area contributed by atoms with Crippen LogP contribution in [0.3, 0.4) is 0 Å². The number of hydrogen-bond acceptors (Lipinski definition) is 22. The second-order valence-electron chi connectivity index (χ2n) is 15.9. The summed E-state index contributed by atoms with van der Waals surface area (Å²) in [5.41, 5.74) is 8.12. The number of aromatic carboxylic acids is 1. The maximum Gasteiger partial charge on any atom is 0.412 e. The Morgan fingerprint density at radius 3 is 1.28 bits per heavy atom. The normalized spacial score (nSPS) is 10.9. The van der Waals surface area contributed by atoms with E-state index in [0.29, 0.717) is 44.6 Å². The van der Waals surface area contributed by atoms with Gasteiger partial charge in [0, 0.05) is 18.6 Å². The van der Waals surface area contributed by atoms with Gasteiger partial charge >= 0.3 is 41.8 Å². The Morgan fingerprint density at radius 2 is 0.887 bits per heavy atom. The highest BCUT2D eigenvalue weighted by Crippen LogP contribution is 2.26. The minimum absolute atomic E-state index is 0.0272. The van der Waals surface area contributed by atoms with Crippen molar-refractivity contribution in [2.45, 2.75) is 52.7 Å². The number of carboxylic acids is 1. The van der Waals surface area contributed by atoms with Crippen LogP contribution in [0.2, 0.25) is 0 Å². The average Bonchev–Trinajstić information content (AvgIpc) is 4.13. The lowest BCUT2D eigenvalue weighted by Crippen LogP contribution is -2.27. The first-order valence-electron chi connectivity index (χ1n) is 20.1. The minimum atomic E-state index is -1.18. The molecule has 0 bridgehead atoms. The van der Waals surface area contributed by atoms with Gasteiger partial charge in [-0.05, 0) is 41.5 Å². The van der Waals surface area contributed by atoms with E-state index in [4.69, 9.17) is 20.3 Å². The molecule has 0 unspecified atom stereocenters. The van der Waals surface area contributed by atoms with Crippen molar-refractivity contribution in [1.82, 2.24) is 59.8 Å². The van der Waals surface area contributed by atoms with E-state index >= 15 is 0 Å².